The molecule has 6 heteroatoms. The molecule has 0 radical (unpaired) electrons. The van der Waals surface area contributed by atoms with Crippen molar-refractivity contribution in [1.82, 2.24) is 9.99 Å². The first-order valence-corrected chi connectivity index (χ1v) is 10.2. The summed E-state index contributed by atoms with van der Waals surface area (Å²) in [7, 11) is 1.37. The number of carbonyl (C=O) groups is 2. The van der Waals surface area contributed by atoms with Crippen molar-refractivity contribution in [2.75, 3.05) is 7.11 Å². The molecular weight excluding hydrogens is 402 g/mol. The number of carbonyl (C=O) groups excluding carboxylic acids is 2. The van der Waals surface area contributed by atoms with Crippen molar-refractivity contribution in [2.45, 2.75) is 13.8 Å². The average Bonchev–Trinajstić information content (AvgIpc) is 3.10. The Hall–Kier alpha value is -4.19. The first-order chi connectivity index (χ1) is 15.5. The molecule has 4 rings (SSSR count). The van der Waals surface area contributed by atoms with E-state index in [-0.39, 0.29) is 5.91 Å². The van der Waals surface area contributed by atoms with Crippen molar-refractivity contribution < 1.29 is 14.3 Å². The number of nitrogens with zero attached hydrogens (tertiary/aromatic N) is 2. The Labute approximate surface area is 186 Å². The maximum absolute atomic E-state index is 12.5. The second kappa shape index (κ2) is 8.89. The van der Waals surface area contributed by atoms with Gasteiger partial charge in [-0.2, -0.15) is 5.10 Å². The Kier molecular flexibility index (Phi) is 5.85. The summed E-state index contributed by atoms with van der Waals surface area (Å²) in [5.41, 5.74) is 7.00. The third-order valence-electron chi connectivity index (χ3n) is 5.40. The third kappa shape index (κ3) is 4.03. The minimum Gasteiger partial charge on any atom is -0.465 e. The highest BCUT2D eigenvalue weighted by molar-refractivity contribution is 5.99. The van der Waals surface area contributed by atoms with Crippen LogP contribution in [-0.4, -0.2) is 29.8 Å². The van der Waals surface area contributed by atoms with Crippen LogP contribution in [0.4, 0.5) is 0 Å². The Morgan fingerprint density at radius 1 is 0.938 bits per heavy atom. The van der Waals surface area contributed by atoms with Gasteiger partial charge in [-0.1, -0.05) is 42.5 Å². The molecule has 0 bridgehead atoms. The van der Waals surface area contributed by atoms with Gasteiger partial charge in [0.2, 0.25) is 0 Å². The summed E-state index contributed by atoms with van der Waals surface area (Å²) in [5.74, 6) is -0.678. The quantitative estimate of drug-likeness (QED) is 0.284. The van der Waals surface area contributed by atoms with E-state index < -0.39 is 5.97 Å². The number of aryl methyl sites for hydroxylation is 1. The van der Waals surface area contributed by atoms with Crippen LogP contribution in [0.5, 0.6) is 0 Å². The minimum absolute atomic E-state index is 0.281. The summed E-state index contributed by atoms with van der Waals surface area (Å²) >= 11 is 0. The molecule has 32 heavy (non-hydrogen) atoms. The first kappa shape index (κ1) is 21.1. The number of aromatic nitrogens is 1. The fourth-order valence-corrected chi connectivity index (χ4v) is 3.80. The van der Waals surface area contributed by atoms with Crippen LogP contribution in [0.2, 0.25) is 0 Å². The van der Waals surface area contributed by atoms with Gasteiger partial charge in [0.15, 0.2) is 0 Å². The standard InChI is InChI=1S/C26H23N3O3/c1-17-14-22(18(2)29(17)24-11-7-6-10-23(24)26(31)32-3)16-27-28-25(30)21-13-12-19-8-4-5-9-20(19)15-21/h4-16H,1-3H3,(H,28,30)/b27-16+. The second-order valence-corrected chi connectivity index (χ2v) is 7.43. The van der Waals surface area contributed by atoms with Gasteiger partial charge in [-0.25, -0.2) is 10.2 Å². The Morgan fingerprint density at radius 2 is 1.66 bits per heavy atom. The van der Waals surface area contributed by atoms with Crippen LogP contribution in [0.1, 0.15) is 37.7 Å². The van der Waals surface area contributed by atoms with Gasteiger partial charge in [0.05, 0.1) is 24.6 Å². The highest BCUT2D eigenvalue weighted by Gasteiger charge is 2.17. The van der Waals surface area contributed by atoms with Crippen LogP contribution in [-0.2, 0) is 4.74 Å². The molecule has 1 aromatic heterocycles. The number of para-hydroxylation sites is 1. The fourth-order valence-electron chi connectivity index (χ4n) is 3.80. The van der Waals surface area contributed by atoms with Crippen molar-refractivity contribution in [2.24, 2.45) is 5.10 Å². The van der Waals surface area contributed by atoms with Gasteiger partial charge in [0.1, 0.15) is 0 Å². The van der Waals surface area contributed by atoms with E-state index in [1.54, 1.807) is 24.4 Å². The summed E-state index contributed by atoms with van der Waals surface area (Å²) in [6.45, 7) is 3.89. The lowest BCUT2D eigenvalue weighted by molar-refractivity contribution is 0.0600. The van der Waals surface area contributed by atoms with Crippen molar-refractivity contribution in [3.8, 4) is 5.69 Å². The molecule has 0 aliphatic rings. The summed E-state index contributed by atoms with van der Waals surface area (Å²) in [6, 6.07) is 22.6. The van der Waals surface area contributed by atoms with Gasteiger partial charge in [0.25, 0.3) is 5.91 Å². The van der Waals surface area contributed by atoms with E-state index in [1.165, 1.54) is 7.11 Å². The van der Waals surface area contributed by atoms with Crippen LogP contribution in [0.3, 0.4) is 0 Å². The van der Waals surface area contributed by atoms with Crippen molar-refractivity contribution in [1.29, 1.82) is 0 Å². The van der Waals surface area contributed by atoms with Crippen LogP contribution in [0.15, 0.2) is 77.9 Å². The molecule has 4 aromatic rings. The zero-order chi connectivity index (χ0) is 22.7. The molecule has 0 spiro atoms. The highest BCUT2D eigenvalue weighted by Crippen LogP contribution is 2.23. The van der Waals surface area contributed by atoms with Crippen LogP contribution < -0.4 is 5.43 Å². The number of rotatable bonds is 5. The maximum atomic E-state index is 12.5. The monoisotopic (exact) mass is 425 g/mol. The van der Waals surface area contributed by atoms with E-state index in [0.717, 1.165) is 33.4 Å². The van der Waals surface area contributed by atoms with Crippen molar-refractivity contribution in [3.05, 3.63) is 101 Å². The van der Waals surface area contributed by atoms with Crippen molar-refractivity contribution >= 4 is 28.9 Å². The lowest BCUT2D eigenvalue weighted by Gasteiger charge is -2.13. The van der Waals surface area contributed by atoms with Crippen LogP contribution >= 0.6 is 0 Å². The van der Waals surface area contributed by atoms with E-state index in [2.05, 4.69) is 10.5 Å². The Bertz CT molecular complexity index is 1350. The highest BCUT2D eigenvalue weighted by atomic mass is 16.5. The predicted octanol–water partition coefficient (Wildman–Crippen LogP) is 4.80. The van der Waals surface area contributed by atoms with Gasteiger partial charge >= 0.3 is 5.97 Å². The number of hydrogen-bond donors (Lipinski definition) is 1. The molecule has 1 N–H and O–H groups in total. The van der Waals surface area contributed by atoms with Crippen LogP contribution in [0.25, 0.3) is 16.5 Å². The summed E-state index contributed by atoms with van der Waals surface area (Å²) in [6.07, 6.45) is 1.61. The number of amides is 1. The molecule has 0 saturated carbocycles. The van der Waals surface area contributed by atoms with Gasteiger partial charge in [0, 0.05) is 22.5 Å². The summed E-state index contributed by atoms with van der Waals surface area (Å²) < 4.78 is 6.89. The lowest BCUT2D eigenvalue weighted by Crippen LogP contribution is -2.17. The lowest BCUT2D eigenvalue weighted by atomic mass is 10.1. The second-order valence-electron chi connectivity index (χ2n) is 7.43. The average molecular weight is 425 g/mol. The molecule has 0 unspecified atom stereocenters. The van der Waals surface area contributed by atoms with E-state index in [9.17, 15) is 9.59 Å². The number of ether oxygens (including phenoxy) is 1. The van der Waals surface area contributed by atoms with Gasteiger partial charge in [-0.05, 0) is 55.0 Å². The number of methoxy groups -OCH3 is 1. The van der Waals surface area contributed by atoms with E-state index in [4.69, 9.17) is 4.74 Å². The van der Waals surface area contributed by atoms with E-state index in [1.807, 2.05) is 73.0 Å². The Morgan fingerprint density at radius 3 is 2.44 bits per heavy atom. The van der Waals surface area contributed by atoms with Crippen molar-refractivity contribution in [3.63, 3.8) is 0 Å². The SMILES string of the molecule is COC(=O)c1ccccc1-n1c(C)cc(/C=N/NC(=O)c2ccc3ccccc3c2)c1C. The zero-order valence-electron chi connectivity index (χ0n) is 18.1. The molecule has 6 nitrogen and oxygen atoms in total. The number of hydrazone groups is 1. The number of nitrogens with one attached hydrogen (secondary N) is 1. The molecule has 0 aliphatic heterocycles. The van der Waals surface area contributed by atoms with Crippen LogP contribution in [0, 0.1) is 13.8 Å². The molecule has 0 aliphatic carbocycles. The molecule has 0 saturated heterocycles. The molecule has 0 atom stereocenters. The smallest absolute Gasteiger partial charge is 0.339 e. The fraction of sp³-hybridized carbons (Fsp3) is 0.115. The predicted molar refractivity (Wildman–Crippen MR) is 126 cm³/mol. The topological polar surface area (TPSA) is 72.7 Å². The zero-order valence-corrected chi connectivity index (χ0v) is 18.1. The largest absolute Gasteiger partial charge is 0.465 e. The van der Waals surface area contributed by atoms with E-state index >= 15 is 0 Å². The normalized spacial score (nSPS) is 11.1. The maximum Gasteiger partial charge on any atom is 0.339 e. The molecule has 160 valence electrons. The number of benzene rings is 3. The summed E-state index contributed by atoms with van der Waals surface area (Å²) in [4.78, 5) is 24.7. The number of esters is 1. The number of hydrogen-bond acceptors (Lipinski definition) is 4. The van der Waals surface area contributed by atoms with Gasteiger partial charge < -0.3 is 9.30 Å². The first-order valence-electron chi connectivity index (χ1n) is 10.2. The van der Waals surface area contributed by atoms with Gasteiger partial charge in [-0.3, -0.25) is 4.79 Å². The summed E-state index contributed by atoms with van der Waals surface area (Å²) in [5, 5.41) is 6.22. The molecule has 1 heterocycles. The molecule has 3 aromatic carbocycles. The molecular formula is C26H23N3O3. The molecule has 1 amide bonds. The van der Waals surface area contributed by atoms with Gasteiger partial charge in [-0.15, -0.1) is 0 Å². The number of fused-ring (bicyclic) bond motifs is 1. The third-order valence-corrected chi connectivity index (χ3v) is 5.40. The minimum atomic E-state index is -0.397. The van der Waals surface area contributed by atoms with E-state index in [0.29, 0.717) is 11.1 Å². The molecule has 0 fully saturated rings. The Balaban J connectivity index is 1.57.